The molecule has 0 saturated carbocycles. The van der Waals surface area contributed by atoms with Crippen LogP contribution in [0.4, 0.5) is 0 Å². The number of β-amino-alcohol motifs (C(OH)–C–C–N with tert-alkyl or cyclic N) is 1. The van der Waals surface area contributed by atoms with Gasteiger partial charge in [-0.3, -0.25) is 14.5 Å². The molecular weight excluding hydrogens is 218 g/mol. The summed E-state index contributed by atoms with van der Waals surface area (Å²) in [5.74, 6) is -0.919. The van der Waals surface area contributed by atoms with E-state index in [9.17, 15) is 9.59 Å². The molecule has 15 heavy (non-hydrogen) atoms. The molecule has 0 unspecified atom stereocenters. The van der Waals surface area contributed by atoms with Crippen LogP contribution in [-0.2, 0) is 9.59 Å². The quantitative estimate of drug-likeness (QED) is 0.702. The van der Waals surface area contributed by atoms with Crippen molar-refractivity contribution in [3.63, 3.8) is 0 Å². The number of likely N-dealkylation sites (tertiary alicyclic amines) is 1. The van der Waals surface area contributed by atoms with Gasteiger partial charge in [0.15, 0.2) is 0 Å². The fourth-order valence-electron chi connectivity index (χ4n) is 2.22. The summed E-state index contributed by atoms with van der Waals surface area (Å²) in [6.45, 7) is -0.0830. The molecule has 0 bridgehead atoms. The zero-order valence-corrected chi connectivity index (χ0v) is 8.91. The second kappa shape index (κ2) is 3.94. The number of aliphatic hydroxyl groups excluding tert-OH is 1. The molecular formula is C10H12ClNO3. The molecule has 1 fully saturated rings. The number of allylic oxidation sites excluding steroid dienone is 2. The first kappa shape index (κ1) is 10.6. The van der Waals surface area contributed by atoms with Crippen molar-refractivity contribution in [2.45, 2.75) is 12.8 Å². The topological polar surface area (TPSA) is 57.6 Å². The molecule has 2 atom stereocenters. The van der Waals surface area contributed by atoms with Crippen LogP contribution in [0, 0.1) is 11.8 Å². The summed E-state index contributed by atoms with van der Waals surface area (Å²) in [4.78, 5) is 24.7. The van der Waals surface area contributed by atoms with Crippen LogP contribution < -0.4 is 0 Å². The lowest BCUT2D eigenvalue weighted by Gasteiger charge is -2.17. The average molecular weight is 230 g/mol. The highest BCUT2D eigenvalue weighted by Gasteiger charge is 2.47. The number of rotatable bonds is 2. The predicted molar refractivity (Wildman–Crippen MR) is 54.0 cm³/mol. The minimum absolute atomic E-state index is 0.0995. The Hall–Kier alpha value is -0.870. The Bertz CT molecular complexity index is 340. The Morgan fingerprint density at radius 3 is 2.73 bits per heavy atom. The predicted octanol–water partition coefficient (Wildman–Crippen LogP) is 0.496. The number of fused-ring (bicyclic) bond motifs is 1. The second-order valence-corrected chi connectivity index (χ2v) is 4.34. The van der Waals surface area contributed by atoms with E-state index in [1.165, 1.54) is 0 Å². The molecule has 1 aliphatic carbocycles. The van der Waals surface area contributed by atoms with E-state index in [4.69, 9.17) is 16.7 Å². The van der Waals surface area contributed by atoms with Crippen molar-refractivity contribution in [3.05, 3.63) is 11.1 Å². The van der Waals surface area contributed by atoms with Crippen LogP contribution in [0.1, 0.15) is 12.8 Å². The highest BCUT2D eigenvalue weighted by atomic mass is 35.5. The van der Waals surface area contributed by atoms with Crippen molar-refractivity contribution in [3.8, 4) is 0 Å². The minimum Gasteiger partial charge on any atom is -0.395 e. The number of imide groups is 1. The molecule has 0 aromatic rings. The van der Waals surface area contributed by atoms with E-state index >= 15 is 0 Å². The molecule has 2 rings (SSSR count). The maximum absolute atomic E-state index is 11.8. The Balaban J connectivity index is 2.20. The van der Waals surface area contributed by atoms with Gasteiger partial charge in [0, 0.05) is 5.03 Å². The van der Waals surface area contributed by atoms with Gasteiger partial charge in [0.05, 0.1) is 25.0 Å². The van der Waals surface area contributed by atoms with Gasteiger partial charge in [-0.1, -0.05) is 17.7 Å². The lowest BCUT2D eigenvalue weighted by atomic mass is 9.85. The second-order valence-electron chi connectivity index (χ2n) is 3.86. The van der Waals surface area contributed by atoms with Crippen LogP contribution in [0.2, 0.25) is 0 Å². The van der Waals surface area contributed by atoms with Crippen molar-refractivity contribution >= 4 is 23.4 Å². The van der Waals surface area contributed by atoms with E-state index in [0.29, 0.717) is 17.9 Å². The molecule has 2 amide bonds. The fourth-order valence-corrected chi connectivity index (χ4v) is 2.47. The smallest absolute Gasteiger partial charge is 0.233 e. The lowest BCUT2D eigenvalue weighted by molar-refractivity contribution is -0.140. The molecule has 4 nitrogen and oxygen atoms in total. The van der Waals surface area contributed by atoms with Gasteiger partial charge in [-0.05, 0) is 12.8 Å². The molecule has 82 valence electrons. The third-order valence-corrected chi connectivity index (χ3v) is 3.29. The zero-order chi connectivity index (χ0) is 11.0. The van der Waals surface area contributed by atoms with Crippen molar-refractivity contribution in [2.24, 2.45) is 11.8 Å². The first-order valence-electron chi connectivity index (χ1n) is 4.95. The largest absolute Gasteiger partial charge is 0.395 e. The number of amides is 2. The zero-order valence-electron chi connectivity index (χ0n) is 8.15. The maximum atomic E-state index is 11.8. The molecule has 0 aromatic carbocycles. The van der Waals surface area contributed by atoms with Gasteiger partial charge < -0.3 is 5.11 Å². The van der Waals surface area contributed by atoms with Crippen LogP contribution >= 0.6 is 11.6 Å². The summed E-state index contributed by atoms with van der Waals surface area (Å²) in [5, 5.41) is 9.42. The van der Waals surface area contributed by atoms with Gasteiger partial charge >= 0.3 is 0 Å². The first-order valence-corrected chi connectivity index (χ1v) is 5.33. The van der Waals surface area contributed by atoms with Crippen molar-refractivity contribution in [1.29, 1.82) is 0 Å². The highest BCUT2D eigenvalue weighted by Crippen LogP contribution is 2.38. The van der Waals surface area contributed by atoms with Crippen molar-refractivity contribution < 1.29 is 14.7 Å². The molecule has 1 heterocycles. The molecule has 5 heteroatoms. The average Bonchev–Trinajstić information content (AvgIpc) is 2.44. The van der Waals surface area contributed by atoms with E-state index in [0.717, 1.165) is 4.90 Å². The van der Waals surface area contributed by atoms with E-state index in [-0.39, 0.29) is 36.8 Å². The van der Waals surface area contributed by atoms with Gasteiger partial charge in [0.2, 0.25) is 11.8 Å². The lowest BCUT2D eigenvalue weighted by Crippen LogP contribution is -2.33. The number of nitrogens with zero attached hydrogens (tertiary/aromatic N) is 1. The number of hydrogen-bond acceptors (Lipinski definition) is 3. The molecule has 1 aliphatic heterocycles. The summed E-state index contributed by atoms with van der Waals surface area (Å²) in [7, 11) is 0. The Kier molecular flexibility index (Phi) is 2.80. The van der Waals surface area contributed by atoms with Gasteiger partial charge in [0.1, 0.15) is 0 Å². The SMILES string of the molecule is O=C1[C@H]2CC=C(Cl)C[C@@H]2C(=O)N1CCO. The van der Waals surface area contributed by atoms with E-state index < -0.39 is 0 Å². The number of hydrogen-bond donors (Lipinski definition) is 1. The van der Waals surface area contributed by atoms with Gasteiger partial charge in [-0.2, -0.15) is 0 Å². The molecule has 2 aliphatic rings. The number of halogens is 1. The van der Waals surface area contributed by atoms with Crippen molar-refractivity contribution in [2.75, 3.05) is 13.2 Å². The monoisotopic (exact) mass is 229 g/mol. The van der Waals surface area contributed by atoms with Gasteiger partial charge in [-0.25, -0.2) is 0 Å². The van der Waals surface area contributed by atoms with E-state index in [1.54, 1.807) is 6.08 Å². The van der Waals surface area contributed by atoms with Gasteiger partial charge in [-0.15, -0.1) is 0 Å². The summed E-state index contributed by atoms with van der Waals surface area (Å²) in [6.07, 6.45) is 2.80. The fraction of sp³-hybridized carbons (Fsp3) is 0.600. The van der Waals surface area contributed by atoms with Crippen molar-refractivity contribution in [1.82, 2.24) is 4.90 Å². The number of aliphatic hydroxyl groups is 1. The van der Waals surface area contributed by atoms with Crippen LogP contribution in [-0.4, -0.2) is 35.0 Å². The summed E-state index contributed by atoms with van der Waals surface area (Å²) >= 11 is 5.85. The Morgan fingerprint density at radius 2 is 2.07 bits per heavy atom. The Labute approximate surface area is 92.5 Å². The molecule has 1 N–H and O–H groups in total. The van der Waals surface area contributed by atoms with Gasteiger partial charge in [0.25, 0.3) is 0 Å². The summed E-state index contributed by atoms with van der Waals surface area (Å²) in [6, 6.07) is 0. The van der Waals surface area contributed by atoms with E-state index in [2.05, 4.69) is 0 Å². The van der Waals surface area contributed by atoms with Crippen LogP contribution in [0.25, 0.3) is 0 Å². The normalized spacial score (nSPS) is 30.5. The molecule has 0 aromatic heterocycles. The number of carbonyl (C=O) groups excluding carboxylic acids is 2. The van der Waals surface area contributed by atoms with Crippen LogP contribution in [0.5, 0.6) is 0 Å². The number of carbonyl (C=O) groups is 2. The summed E-state index contributed by atoms with van der Waals surface area (Å²) in [5.41, 5.74) is 0. The Morgan fingerprint density at radius 1 is 1.40 bits per heavy atom. The maximum Gasteiger partial charge on any atom is 0.233 e. The molecule has 0 spiro atoms. The summed E-state index contributed by atoms with van der Waals surface area (Å²) < 4.78 is 0. The molecule has 1 saturated heterocycles. The first-order chi connectivity index (χ1) is 7.15. The van der Waals surface area contributed by atoms with E-state index in [1.807, 2.05) is 0 Å². The highest BCUT2D eigenvalue weighted by molar-refractivity contribution is 6.30. The van der Waals surface area contributed by atoms with Crippen LogP contribution in [0.15, 0.2) is 11.1 Å². The molecule has 0 radical (unpaired) electrons. The third kappa shape index (κ3) is 1.68. The standard InChI is InChI=1S/C10H12ClNO3/c11-6-1-2-7-8(5-6)10(15)12(3-4-13)9(7)14/h1,7-8,13H,2-5H2/t7-,8-/m0/s1. The third-order valence-electron chi connectivity index (χ3n) is 2.98. The van der Waals surface area contributed by atoms with Crippen LogP contribution in [0.3, 0.4) is 0 Å². The minimum atomic E-state index is -0.304.